The molecule has 3 nitrogen and oxygen atoms in total. The van der Waals surface area contributed by atoms with Crippen LogP contribution < -0.4 is 4.90 Å². The maximum atomic E-state index is 7.87. The molecule has 1 atom stereocenters. The van der Waals surface area contributed by atoms with Crippen molar-refractivity contribution in [3.05, 3.63) is 30.6 Å². The van der Waals surface area contributed by atoms with Crippen LogP contribution in [0, 0.1) is 0 Å². The van der Waals surface area contributed by atoms with E-state index in [2.05, 4.69) is 20.9 Å². The number of fused-ring (bicyclic) bond motifs is 1. The fourth-order valence-corrected chi connectivity index (χ4v) is 2.18. The molecule has 2 aromatic rings. The minimum atomic E-state index is 0.00418. The largest absolute Gasteiger partial charge is 0.355 e. The summed E-state index contributed by atoms with van der Waals surface area (Å²) in [4.78, 5) is 11.1. The zero-order valence-corrected chi connectivity index (χ0v) is 9.13. The third-order valence-electron chi connectivity index (χ3n) is 2.99. The van der Waals surface area contributed by atoms with Gasteiger partial charge in [0, 0.05) is 32.2 Å². The number of piperidine rings is 1. The first kappa shape index (κ1) is 8.50. The number of nitrogens with zero attached hydrogens (tertiary/aromatic N) is 3. The van der Waals surface area contributed by atoms with Gasteiger partial charge in [-0.15, -0.1) is 0 Å². The standard InChI is InChI=1S/C13H15N3/c1-2-9-16(10-3-1)13-12-11(6-8-15-13)5-4-7-14-12/h4-8H,1-3,9-10H2/i2D. The van der Waals surface area contributed by atoms with Crippen LogP contribution in [0.15, 0.2) is 30.6 Å². The van der Waals surface area contributed by atoms with Gasteiger partial charge >= 0.3 is 0 Å². The Hall–Kier alpha value is -1.64. The summed E-state index contributed by atoms with van der Waals surface area (Å²) in [7, 11) is 0. The highest BCUT2D eigenvalue weighted by molar-refractivity contribution is 5.88. The number of pyridine rings is 2. The Morgan fingerprint density at radius 2 is 2.12 bits per heavy atom. The van der Waals surface area contributed by atoms with Gasteiger partial charge in [-0.3, -0.25) is 4.98 Å². The maximum absolute atomic E-state index is 7.87. The molecule has 0 N–H and O–H groups in total. The van der Waals surface area contributed by atoms with Crippen LogP contribution in [0.4, 0.5) is 5.82 Å². The van der Waals surface area contributed by atoms with E-state index in [1.165, 1.54) is 0 Å². The summed E-state index contributed by atoms with van der Waals surface area (Å²) in [6, 6.07) is 5.97. The SMILES string of the molecule is [2H]C1CCCN(c2nccc3cccnc23)C1. The van der Waals surface area contributed by atoms with Crippen LogP contribution in [0.25, 0.3) is 10.9 Å². The fraction of sp³-hybridized carbons (Fsp3) is 0.385. The topological polar surface area (TPSA) is 29.0 Å². The zero-order valence-electron chi connectivity index (χ0n) is 10.1. The summed E-state index contributed by atoms with van der Waals surface area (Å²) >= 11 is 0. The van der Waals surface area contributed by atoms with Gasteiger partial charge in [-0.1, -0.05) is 6.07 Å². The lowest BCUT2D eigenvalue weighted by Crippen LogP contribution is -2.30. The van der Waals surface area contributed by atoms with Gasteiger partial charge in [0.15, 0.2) is 5.82 Å². The van der Waals surface area contributed by atoms with Crippen molar-refractivity contribution in [1.82, 2.24) is 9.97 Å². The van der Waals surface area contributed by atoms with Crippen molar-refractivity contribution < 1.29 is 1.37 Å². The number of anilines is 1. The highest BCUT2D eigenvalue weighted by Gasteiger charge is 2.14. The van der Waals surface area contributed by atoms with Crippen molar-refractivity contribution in [2.24, 2.45) is 0 Å². The molecule has 1 saturated heterocycles. The van der Waals surface area contributed by atoms with Crippen molar-refractivity contribution in [3.63, 3.8) is 0 Å². The second-order valence-electron chi connectivity index (χ2n) is 4.09. The van der Waals surface area contributed by atoms with Crippen LogP contribution in [-0.2, 0) is 0 Å². The molecule has 0 aliphatic carbocycles. The Bertz CT molecular complexity index is 524. The normalized spacial score (nSPS) is 22.1. The molecule has 0 aromatic carbocycles. The summed E-state index contributed by atoms with van der Waals surface area (Å²) in [5.41, 5.74) is 0.948. The quantitative estimate of drug-likeness (QED) is 0.730. The van der Waals surface area contributed by atoms with Crippen molar-refractivity contribution >= 4 is 16.7 Å². The van der Waals surface area contributed by atoms with Crippen LogP contribution in [0.1, 0.15) is 20.6 Å². The van der Waals surface area contributed by atoms with Crippen LogP contribution in [0.3, 0.4) is 0 Å². The number of aromatic nitrogens is 2. The molecule has 0 amide bonds. The van der Waals surface area contributed by atoms with Gasteiger partial charge in [0.05, 0.1) is 0 Å². The van der Waals surface area contributed by atoms with Gasteiger partial charge in [-0.2, -0.15) is 0 Å². The van der Waals surface area contributed by atoms with Crippen LogP contribution >= 0.6 is 0 Å². The molecule has 0 spiro atoms. The van der Waals surface area contributed by atoms with Gasteiger partial charge < -0.3 is 4.90 Å². The summed E-state index contributed by atoms with van der Waals surface area (Å²) in [6.07, 6.45) is 5.69. The number of hydrogen-bond acceptors (Lipinski definition) is 3. The molecule has 3 rings (SSSR count). The molecule has 2 aromatic heterocycles. The summed E-state index contributed by atoms with van der Waals surface area (Å²) in [6.45, 7) is 1.75. The Kier molecular flexibility index (Phi) is 2.17. The third-order valence-corrected chi connectivity index (χ3v) is 2.99. The molecule has 0 radical (unpaired) electrons. The monoisotopic (exact) mass is 214 g/mol. The predicted molar refractivity (Wildman–Crippen MR) is 65.6 cm³/mol. The molecule has 0 saturated carbocycles. The average molecular weight is 214 g/mol. The minimum Gasteiger partial charge on any atom is -0.355 e. The predicted octanol–water partition coefficient (Wildman–Crippen LogP) is 2.62. The van der Waals surface area contributed by atoms with E-state index in [1.807, 2.05) is 18.3 Å². The maximum Gasteiger partial charge on any atom is 0.155 e. The first-order chi connectivity index (χ1) is 8.34. The lowest BCUT2D eigenvalue weighted by Gasteiger charge is -2.28. The van der Waals surface area contributed by atoms with Crippen molar-refractivity contribution in [2.75, 3.05) is 18.0 Å². The third kappa shape index (κ3) is 1.62. The van der Waals surface area contributed by atoms with E-state index in [0.29, 0.717) is 0 Å². The first-order valence-corrected chi connectivity index (χ1v) is 5.71. The molecule has 0 bridgehead atoms. The van der Waals surface area contributed by atoms with Crippen LogP contribution in [0.5, 0.6) is 0 Å². The molecule has 1 fully saturated rings. The molecule has 1 aliphatic heterocycles. The smallest absolute Gasteiger partial charge is 0.155 e. The molecule has 1 aliphatic rings. The Balaban J connectivity index is 2.04. The molecular formula is C13H15N3. The summed E-state index contributed by atoms with van der Waals surface area (Å²) in [5, 5.41) is 1.12. The van der Waals surface area contributed by atoms with Crippen molar-refractivity contribution in [1.29, 1.82) is 0 Å². The lowest BCUT2D eigenvalue weighted by molar-refractivity contribution is 0.574. The molecular weight excluding hydrogens is 198 g/mol. The lowest BCUT2D eigenvalue weighted by atomic mass is 10.1. The van der Waals surface area contributed by atoms with Crippen molar-refractivity contribution in [3.8, 4) is 0 Å². The van der Waals surface area contributed by atoms with E-state index < -0.39 is 0 Å². The number of rotatable bonds is 1. The van der Waals surface area contributed by atoms with Gasteiger partial charge in [0.2, 0.25) is 0 Å². The highest BCUT2D eigenvalue weighted by atomic mass is 15.2. The van der Waals surface area contributed by atoms with E-state index in [0.717, 1.165) is 42.7 Å². The summed E-state index contributed by atoms with van der Waals surface area (Å²) < 4.78 is 7.87. The second kappa shape index (κ2) is 4.08. The van der Waals surface area contributed by atoms with Gasteiger partial charge in [-0.05, 0) is 31.4 Å². The van der Waals surface area contributed by atoms with E-state index in [4.69, 9.17) is 1.37 Å². The molecule has 3 heteroatoms. The van der Waals surface area contributed by atoms with Gasteiger partial charge in [0.25, 0.3) is 0 Å². The van der Waals surface area contributed by atoms with Crippen molar-refractivity contribution in [2.45, 2.75) is 19.2 Å². The Morgan fingerprint density at radius 3 is 3.06 bits per heavy atom. The first-order valence-electron chi connectivity index (χ1n) is 6.29. The van der Waals surface area contributed by atoms with Gasteiger partial charge in [0.1, 0.15) is 5.52 Å². The Labute approximate surface area is 96.5 Å². The molecule has 82 valence electrons. The number of hydrogen-bond donors (Lipinski definition) is 0. The zero-order chi connectivity index (χ0) is 11.7. The minimum absolute atomic E-state index is 0.00418. The van der Waals surface area contributed by atoms with E-state index in [9.17, 15) is 0 Å². The average Bonchev–Trinajstić information content (AvgIpc) is 2.38. The van der Waals surface area contributed by atoms with Gasteiger partial charge in [-0.25, -0.2) is 4.98 Å². The van der Waals surface area contributed by atoms with Crippen LogP contribution in [-0.4, -0.2) is 23.1 Å². The molecule has 1 unspecified atom stereocenters. The Morgan fingerprint density at radius 1 is 1.12 bits per heavy atom. The highest BCUT2D eigenvalue weighted by Crippen LogP contribution is 2.24. The molecule has 16 heavy (non-hydrogen) atoms. The van der Waals surface area contributed by atoms with E-state index in [1.54, 1.807) is 6.20 Å². The fourth-order valence-electron chi connectivity index (χ4n) is 2.18. The second-order valence-corrected chi connectivity index (χ2v) is 4.09. The van der Waals surface area contributed by atoms with Crippen LogP contribution in [0.2, 0.25) is 0 Å². The molecule has 3 heterocycles. The van der Waals surface area contributed by atoms with E-state index >= 15 is 0 Å². The summed E-state index contributed by atoms with van der Waals surface area (Å²) in [5.74, 6) is 0.931. The van der Waals surface area contributed by atoms with E-state index in [-0.39, 0.29) is 6.40 Å².